The fourth-order valence-corrected chi connectivity index (χ4v) is 5.81. The van der Waals surface area contributed by atoms with Crippen LogP contribution in [0.15, 0.2) is 48.5 Å². The molecule has 0 heterocycles. The van der Waals surface area contributed by atoms with Gasteiger partial charge < -0.3 is 20.5 Å². The standard InChI is InChI=1S/C27H32N2O5S/c30-25(29-24-12-6-1-7-18(24)15-26(31)32)17-35-14-13-28-27(33)34-16-23-21-10-4-2-8-19(21)20-9-3-5-11-22(20)23/h2-5,8-11,18,23-24H,1,6-7,12-17H2,(H,28,33)(H,29,30)(H,31,32)/t18-,24-/m1/s1. The molecule has 2 aliphatic carbocycles. The van der Waals surface area contributed by atoms with Crippen LogP contribution in [0, 0.1) is 5.92 Å². The van der Waals surface area contributed by atoms with Gasteiger partial charge in [0.1, 0.15) is 6.61 Å². The molecule has 35 heavy (non-hydrogen) atoms. The van der Waals surface area contributed by atoms with Gasteiger partial charge in [-0.25, -0.2) is 4.79 Å². The summed E-state index contributed by atoms with van der Waals surface area (Å²) in [6.45, 7) is 0.675. The van der Waals surface area contributed by atoms with E-state index in [0.717, 1.165) is 25.7 Å². The van der Waals surface area contributed by atoms with Crippen molar-refractivity contribution in [2.75, 3.05) is 24.7 Å². The average Bonchev–Trinajstić information content (AvgIpc) is 3.17. The summed E-state index contributed by atoms with van der Waals surface area (Å²) < 4.78 is 5.52. The number of rotatable bonds is 10. The molecular weight excluding hydrogens is 464 g/mol. The highest BCUT2D eigenvalue weighted by atomic mass is 32.2. The first-order chi connectivity index (χ1) is 17.0. The second-order valence-electron chi connectivity index (χ2n) is 9.12. The summed E-state index contributed by atoms with van der Waals surface area (Å²) >= 11 is 1.43. The highest BCUT2D eigenvalue weighted by molar-refractivity contribution is 7.99. The van der Waals surface area contributed by atoms with E-state index < -0.39 is 12.1 Å². The number of amides is 2. The van der Waals surface area contributed by atoms with Crippen LogP contribution in [-0.4, -0.2) is 53.8 Å². The monoisotopic (exact) mass is 496 g/mol. The van der Waals surface area contributed by atoms with Gasteiger partial charge in [-0.05, 0) is 41.0 Å². The second kappa shape index (κ2) is 12.1. The Morgan fingerprint density at radius 1 is 0.971 bits per heavy atom. The fourth-order valence-electron chi connectivity index (χ4n) is 5.15. The van der Waals surface area contributed by atoms with Gasteiger partial charge in [-0.3, -0.25) is 9.59 Å². The van der Waals surface area contributed by atoms with E-state index >= 15 is 0 Å². The maximum absolute atomic E-state index is 12.3. The van der Waals surface area contributed by atoms with E-state index in [0.29, 0.717) is 12.3 Å². The number of hydrogen-bond donors (Lipinski definition) is 3. The predicted molar refractivity (Wildman–Crippen MR) is 137 cm³/mol. The summed E-state index contributed by atoms with van der Waals surface area (Å²) in [6.07, 6.45) is 3.34. The van der Waals surface area contributed by atoms with Gasteiger partial charge in [0.25, 0.3) is 0 Å². The molecule has 2 aromatic rings. The zero-order valence-electron chi connectivity index (χ0n) is 19.7. The van der Waals surface area contributed by atoms with Crippen molar-refractivity contribution in [1.82, 2.24) is 10.6 Å². The number of aliphatic carboxylic acids is 1. The number of thioether (sulfide) groups is 1. The number of carboxylic acid groups (broad SMARTS) is 1. The molecule has 3 N–H and O–H groups in total. The van der Waals surface area contributed by atoms with Crippen LogP contribution in [0.1, 0.15) is 49.1 Å². The summed E-state index contributed by atoms with van der Waals surface area (Å²) in [4.78, 5) is 35.6. The van der Waals surface area contributed by atoms with E-state index in [1.807, 2.05) is 24.3 Å². The summed E-state index contributed by atoms with van der Waals surface area (Å²) in [6, 6.07) is 16.4. The Hall–Kier alpha value is -3.00. The van der Waals surface area contributed by atoms with Gasteiger partial charge >= 0.3 is 12.1 Å². The minimum Gasteiger partial charge on any atom is -0.481 e. The van der Waals surface area contributed by atoms with Crippen molar-refractivity contribution in [3.63, 3.8) is 0 Å². The van der Waals surface area contributed by atoms with Gasteiger partial charge in [-0.2, -0.15) is 11.8 Å². The first kappa shape index (κ1) is 25.1. The lowest BCUT2D eigenvalue weighted by molar-refractivity contribution is -0.139. The molecule has 186 valence electrons. The molecule has 8 heteroatoms. The van der Waals surface area contributed by atoms with Gasteiger partial charge in [-0.1, -0.05) is 61.4 Å². The first-order valence-electron chi connectivity index (χ1n) is 12.2. The van der Waals surface area contributed by atoms with E-state index in [4.69, 9.17) is 9.84 Å². The molecule has 2 amide bonds. The Bertz CT molecular complexity index is 1010. The third-order valence-electron chi connectivity index (χ3n) is 6.78. The molecule has 0 aliphatic heterocycles. The van der Waals surface area contributed by atoms with E-state index in [2.05, 4.69) is 34.9 Å². The molecule has 1 saturated carbocycles. The highest BCUT2D eigenvalue weighted by Gasteiger charge is 2.29. The molecule has 2 atom stereocenters. The SMILES string of the molecule is O=C(O)C[C@H]1CCCC[C@H]1NC(=O)CSCCNC(=O)OCC1c2ccccc2-c2ccccc21. The van der Waals surface area contributed by atoms with E-state index in [1.165, 1.54) is 34.0 Å². The van der Waals surface area contributed by atoms with Crippen LogP contribution in [0.4, 0.5) is 4.79 Å². The van der Waals surface area contributed by atoms with Crippen molar-refractivity contribution in [3.05, 3.63) is 59.7 Å². The number of carbonyl (C=O) groups is 3. The molecule has 0 saturated heterocycles. The number of carboxylic acids is 1. The third kappa shape index (κ3) is 6.57. The number of nitrogens with one attached hydrogen (secondary N) is 2. The average molecular weight is 497 g/mol. The smallest absolute Gasteiger partial charge is 0.407 e. The molecule has 0 unspecified atom stereocenters. The van der Waals surface area contributed by atoms with E-state index in [-0.39, 0.29) is 42.6 Å². The molecule has 0 bridgehead atoms. The normalized spacial score (nSPS) is 18.9. The maximum Gasteiger partial charge on any atom is 0.407 e. The van der Waals surface area contributed by atoms with Crippen LogP contribution < -0.4 is 10.6 Å². The Morgan fingerprint density at radius 2 is 1.63 bits per heavy atom. The van der Waals surface area contributed by atoms with E-state index in [1.54, 1.807) is 0 Å². The molecule has 0 aromatic heterocycles. The molecule has 2 aliphatic rings. The van der Waals surface area contributed by atoms with Crippen molar-refractivity contribution < 1.29 is 24.2 Å². The van der Waals surface area contributed by atoms with Gasteiger partial charge in [-0.15, -0.1) is 0 Å². The predicted octanol–water partition coefficient (Wildman–Crippen LogP) is 4.41. The summed E-state index contributed by atoms with van der Waals surface area (Å²) in [5, 5.41) is 14.9. The number of ether oxygens (including phenoxy) is 1. The van der Waals surface area contributed by atoms with Crippen LogP contribution in [0.3, 0.4) is 0 Å². The minimum atomic E-state index is -0.815. The lowest BCUT2D eigenvalue weighted by atomic mass is 9.82. The van der Waals surface area contributed by atoms with Crippen LogP contribution in [0.2, 0.25) is 0 Å². The van der Waals surface area contributed by atoms with Crippen LogP contribution in [0.5, 0.6) is 0 Å². The topological polar surface area (TPSA) is 105 Å². The maximum atomic E-state index is 12.3. The third-order valence-corrected chi connectivity index (χ3v) is 7.74. The van der Waals surface area contributed by atoms with Crippen LogP contribution >= 0.6 is 11.8 Å². The highest BCUT2D eigenvalue weighted by Crippen LogP contribution is 2.44. The molecular formula is C27H32N2O5S. The van der Waals surface area contributed by atoms with Crippen molar-refractivity contribution >= 4 is 29.7 Å². The number of hydrogen-bond acceptors (Lipinski definition) is 5. The summed E-state index contributed by atoms with van der Waals surface area (Å²) in [5.74, 6) is -0.00611. The Morgan fingerprint density at radius 3 is 2.31 bits per heavy atom. The summed E-state index contributed by atoms with van der Waals surface area (Å²) in [5.41, 5.74) is 4.72. The van der Waals surface area contributed by atoms with Crippen LogP contribution in [0.25, 0.3) is 11.1 Å². The minimum absolute atomic E-state index is 0.00503. The Kier molecular flexibility index (Phi) is 8.69. The Balaban J connectivity index is 1.14. The molecule has 4 rings (SSSR count). The number of carbonyl (C=O) groups excluding carboxylic acids is 2. The van der Waals surface area contributed by atoms with Crippen LogP contribution in [-0.2, 0) is 14.3 Å². The fraction of sp³-hybridized carbons (Fsp3) is 0.444. The zero-order valence-corrected chi connectivity index (χ0v) is 20.5. The van der Waals surface area contributed by atoms with Crippen molar-refractivity contribution in [2.45, 2.75) is 44.1 Å². The van der Waals surface area contributed by atoms with E-state index in [9.17, 15) is 14.4 Å². The molecule has 0 radical (unpaired) electrons. The molecule has 1 fully saturated rings. The number of alkyl carbamates (subject to hydrolysis) is 1. The molecule has 7 nitrogen and oxygen atoms in total. The second-order valence-corrected chi connectivity index (χ2v) is 10.2. The van der Waals surface area contributed by atoms with Gasteiger partial charge in [0.05, 0.1) is 12.2 Å². The zero-order chi connectivity index (χ0) is 24.6. The van der Waals surface area contributed by atoms with Gasteiger partial charge in [0.15, 0.2) is 0 Å². The van der Waals surface area contributed by atoms with Gasteiger partial charge in [0, 0.05) is 24.3 Å². The Labute approximate surface area is 210 Å². The summed E-state index contributed by atoms with van der Waals surface area (Å²) in [7, 11) is 0. The van der Waals surface area contributed by atoms with Gasteiger partial charge in [0.2, 0.25) is 5.91 Å². The number of fused-ring (bicyclic) bond motifs is 3. The van der Waals surface area contributed by atoms with Crippen molar-refractivity contribution in [1.29, 1.82) is 0 Å². The molecule has 2 aromatic carbocycles. The molecule has 0 spiro atoms. The van der Waals surface area contributed by atoms with Crippen molar-refractivity contribution in [2.24, 2.45) is 5.92 Å². The largest absolute Gasteiger partial charge is 0.481 e. The first-order valence-corrected chi connectivity index (χ1v) is 13.4. The lowest BCUT2D eigenvalue weighted by Gasteiger charge is -2.31. The number of benzene rings is 2. The lowest BCUT2D eigenvalue weighted by Crippen LogP contribution is -2.43. The quantitative estimate of drug-likeness (QED) is 0.421. The van der Waals surface area contributed by atoms with Crippen molar-refractivity contribution in [3.8, 4) is 11.1 Å².